The molecule has 2 aromatic carbocycles. The van der Waals surface area contributed by atoms with Gasteiger partial charge < -0.3 is 23.8 Å². The van der Waals surface area contributed by atoms with Crippen LogP contribution in [-0.4, -0.2) is 40.5 Å². The summed E-state index contributed by atoms with van der Waals surface area (Å²) in [6, 6.07) is 9.17. The molecule has 3 heterocycles. The molecule has 1 aromatic heterocycles. The van der Waals surface area contributed by atoms with Crippen LogP contribution in [0.3, 0.4) is 0 Å². The lowest BCUT2D eigenvalue weighted by Crippen LogP contribution is -2.49. The zero-order valence-corrected chi connectivity index (χ0v) is 18.4. The van der Waals surface area contributed by atoms with Gasteiger partial charge >= 0.3 is 0 Å². The van der Waals surface area contributed by atoms with Gasteiger partial charge in [-0.3, -0.25) is 0 Å². The first-order valence-electron chi connectivity index (χ1n) is 10.4. The van der Waals surface area contributed by atoms with Crippen LogP contribution in [-0.2, 0) is 15.3 Å². The Hall–Kier alpha value is -3.88. The van der Waals surface area contributed by atoms with Crippen molar-refractivity contribution < 1.29 is 23.1 Å². The number of imidazole rings is 1. The Morgan fingerprint density at radius 2 is 2.03 bits per heavy atom. The van der Waals surface area contributed by atoms with Gasteiger partial charge in [0, 0.05) is 19.2 Å². The van der Waals surface area contributed by atoms with Crippen molar-refractivity contribution in [1.82, 2.24) is 14.5 Å². The molecule has 1 fully saturated rings. The minimum atomic E-state index is -1.21. The van der Waals surface area contributed by atoms with Crippen molar-refractivity contribution in [2.45, 2.75) is 19.6 Å². The lowest BCUT2D eigenvalue weighted by atomic mass is 10.0. The third-order valence-corrected chi connectivity index (χ3v) is 5.80. The quantitative estimate of drug-likeness (QED) is 0.589. The molecule has 0 amide bonds. The number of rotatable bonds is 4. The molecule has 7 nitrogen and oxygen atoms in total. The molecule has 0 spiro atoms. The second kappa shape index (κ2) is 7.91. The molecule has 5 rings (SSSR count). The molecule has 170 valence electrons. The fraction of sp³-hybridized carbons (Fsp3) is 0.250. The first kappa shape index (κ1) is 21.0. The van der Waals surface area contributed by atoms with Gasteiger partial charge in [-0.15, -0.1) is 0 Å². The maximum Gasteiger partial charge on any atom is 0.237 e. The number of aryl methyl sites for hydroxylation is 1. The number of ether oxygens (including phenoxy) is 2. The van der Waals surface area contributed by atoms with Crippen LogP contribution < -0.4 is 4.74 Å². The Labute approximate surface area is 189 Å². The SMILES string of the molecule is COc1cc(/C=C2/OCCN3C2=NOC3(C)c2ccc(F)cc2F)ccc1-n1cnc(C)c1. The van der Waals surface area contributed by atoms with Crippen molar-refractivity contribution in [2.75, 3.05) is 20.3 Å². The van der Waals surface area contributed by atoms with E-state index in [9.17, 15) is 8.78 Å². The standard InChI is InChI=1S/C24H22F2N4O3/c1-15-13-29(14-27-15)20-7-4-16(10-21(20)31-3)11-22-23-28-33-24(2,30(23)8-9-32-22)18-6-5-17(25)12-19(18)26/h4-7,10-14H,8-9H2,1-3H3/b22-11+. The van der Waals surface area contributed by atoms with Gasteiger partial charge in [-0.1, -0.05) is 11.2 Å². The second-order valence-electron chi connectivity index (χ2n) is 7.98. The minimum Gasteiger partial charge on any atom is -0.495 e. The van der Waals surface area contributed by atoms with Crippen molar-refractivity contribution in [2.24, 2.45) is 5.16 Å². The van der Waals surface area contributed by atoms with Gasteiger partial charge in [-0.25, -0.2) is 13.8 Å². The van der Waals surface area contributed by atoms with Crippen molar-refractivity contribution in [3.8, 4) is 11.4 Å². The van der Waals surface area contributed by atoms with Crippen LogP contribution in [0.4, 0.5) is 8.78 Å². The van der Waals surface area contributed by atoms with Crippen LogP contribution >= 0.6 is 0 Å². The fourth-order valence-electron chi connectivity index (χ4n) is 4.11. The van der Waals surface area contributed by atoms with E-state index < -0.39 is 17.4 Å². The zero-order chi connectivity index (χ0) is 23.2. The zero-order valence-electron chi connectivity index (χ0n) is 18.4. The highest BCUT2D eigenvalue weighted by molar-refractivity contribution is 6.01. The maximum absolute atomic E-state index is 14.5. The van der Waals surface area contributed by atoms with E-state index in [2.05, 4.69) is 10.1 Å². The summed E-state index contributed by atoms with van der Waals surface area (Å²) >= 11 is 0. The van der Waals surface area contributed by atoms with E-state index in [-0.39, 0.29) is 5.56 Å². The van der Waals surface area contributed by atoms with Crippen molar-refractivity contribution in [3.63, 3.8) is 0 Å². The minimum absolute atomic E-state index is 0.200. The molecule has 0 radical (unpaired) electrons. The van der Waals surface area contributed by atoms with Crippen LogP contribution in [0.25, 0.3) is 11.8 Å². The van der Waals surface area contributed by atoms with Gasteiger partial charge in [0.05, 0.1) is 36.9 Å². The van der Waals surface area contributed by atoms with Gasteiger partial charge in [0.1, 0.15) is 24.0 Å². The van der Waals surface area contributed by atoms with Crippen LogP contribution in [0.2, 0.25) is 0 Å². The van der Waals surface area contributed by atoms with E-state index in [0.29, 0.717) is 30.5 Å². The Balaban J connectivity index is 1.47. The van der Waals surface area contributed by atoms with Gasteiger partial charge in [-0.2, -0.15) is 0 Å². The third kappa shape index (κ3) is 3.59. The Morgan fingerprint density at radius 1 is 1.18 bits per heavy atom. The number of hydrogen-bond acceptors (Lipinski definition) is 6. The van der Waals surface area contributed by atoms with E-state index in [4.69, 9.17) is 14.3 Å². The molecule has 9 heteroatoms. The number of aromatic nitrogens is 2. The summed E-state index contributed by atoms with van der Waals surface area (Å²) in [5.41, 5.74) is 1.57. The molecule has 1 saturated heterocycles. The average Bonchev–Trinajstić information content (AvgIpc) is 3.38. The summed E-state index contributed by atoms with van der Waals surface area (Å²) in [6.45, 7) is 4.42. The predicted octanol–water partition coefficient (Wildman–Crippen LogP) is 4.36. The summed E-state index contributed by atoms with van der Waals surface area (Å²) in [5, 5.41) is 4.18. The van der Waals surface area contributed by atoms with Gasteiger partial charge in [0.15, 0.2) is 5.76 Å². The molecule has 0 aliphatic carbocycles. The van der Waals surface area contributed by atoms with E-state index in [1.165, 1.54) is 12.1 Å². The highest BCUT2D eigenvalue weighted by atomic mass is 19.1. The summed E-state index contributed by atoms with van der Waals surface area (Å²) in [7, 11) is 1.61. The maximum atomic E-state index is 14.5. The number of oxime groups is 1. The van der Waals surface area contributed by atoms with Gasteiger partial charge in [0.25, 0.3) is 0 Å². The smallest absolute Gasteiger partial charge is 0.237 e. The molecule has 0 N–H and O–H groups in total. The van der Waals surface area contributed by atoms with Crippen molar-refractivity contribution >= 4 is 11.9 Å². The second-order valence-corrected chi connectivity index (χ2v) is 7.98. The van der Waals surface area contributed by atoms with Crippen LogP contribution in [0.5, 0.6) is 5.75 Å². The molecular formula is C24H22F2N4O3. The predicted molar refractivity (Wildman–Crippen MR) is 118 cm³/mol. The number of halogens is 2. The Kier molecular flexibility index (Phi) is 5.03. The van der Waals surface area contributed by atoms with Crippen LogP contribution in [0, 0.1) is 18.6 Å². The molecule has 33 heavy (non-hydrogen) atoms. The lowest BCUT2D eigenvalue weighted by molar-refractivity contribution is -0.0989. The number of hydrogen-bond donors (Lipinski definition) is 0. The number of methoxy groups -OCH3 is 1. The lowest BCUT2D eigenvalue weighted by Gasteiger charge is -2.37. The number of amidine groups is 1. The highest BCUT2D eigenvalue weighted by Gasteiger charge is 2.48. The summed E-state index contributed by atoms with van der Waals surface area (Å²) in [4.78, 5) is 11.8. The highest BCUT2D eigenvalue weighted by Crippen LogP contribution is 2.39. The first-order valence-corrected chi connectivity index (χ1v) is 10.4. The molecule has 3 aromatic rings. The van der Waals surface area contributed by atoms with E-state index >= 15 is 0 Å². The molecule has 2 aliphatic rings. The molecule has 2 aliphatic heterocycles. The van der Waals surface area contributed by atoms with E-state index in [0.717, 1.165) is 23.0 Å². The fourth-order valence-corrected chi connectivity index (χ4v) is 4.11. The largest absolute Gasteiger partial charge is 0.495 e. The number of benzene rings is 2. The number of morpholine rings is 1. The van der Waals surface area contributed by atoms with Gasteiger partial charge in [0.2, 0.25) is 11.6 Å². The molecular weight excluding hydrogens is 430 g/mol. The normalized spacial score (nSPS) is 20.8. The number of nitrogens with zero attached hydrogens (tertiary/aromatic N) is 4. The van der Waals surface area contributed by atoms with Crippen LogP contribution in [0.15, 0.2) is 59.8 Å². The van der Waals surface area contributed by atoms with Crippen LogP contribution in [0.1, 0.15) is 23.7 Å². The Bertz CT molecular complexity index is 1290. The number of fused-ring (bicyclic) bond motifs is 1. The topological polar surface area (TPSA) is 61.1 Å². The van der Waals surface area contributed by atoms with Crippen molar-refractivity contribution in [1.29, 1.82) is 0 Å². The first-order chi connectivity index (χ1) is 15.9. The molecule has 1 unspecified atom stereocenters. The van der Waals surface area contributed by atoms with Gasteiger partial charge in [-0.05, 0) is 42.8 Å². The van der Waals surface area contributed by atoms with E-state index in [1.807, 2.05) is 46.9 Å². The average molecular weight is 452 g/mol. The monoisotopic (exact) mass is 452 g/mol. The molecule has 0 bridgehead atoms. The molecule has 1 atom stereocenters. The summed E-state index contributed by atoms with van der Waals surface area (Å²) < 4.78 is 41.3. The summed E-state index contributed by atoms with van der Waals surface area (Å²) in [6.07, 6.45) is 5.47. The van der Waals surface area contributed by atoms with E-state index in [1.54, 1.807) is 20.4 Å². The summed E-state index contributed by atoms with van der Waals surface area (Å²) in [5.74, 6) is 0.254. The third-order valence-electron chi connectivity index (χ3n) is 5.80. The van der Waals surface area contributed by atoms with Crippen molar-refractivity contribution in [3.05, 3.63) is 83.1 Å². The Morgan fingerprint density at radius 3 is 2.76 bits per heavy atom. The molecule has 0 saturated carbocycles.